The van der Waals surface area contributed by atoms with Gasteiger partial charge in [-0.05, 0) is 12.1 Å². The van der Waals surface area contributed by atoms with Crippen LogP contribution < -0.4 is 5.32 Å². The van der Waals surface area contributed by atoms with E-state index in [-0.39, 0.29) is 21.6 Å². The van der Waals surface area contributed by atoms with Gasteiger partial charge >= 0.3 is 0 Å². The number of carbonyl (C=O) groups is 1. The molecule has 0 spiro atoms. The predicted molar refractivity (Wildman–Crippen MR) is 66.4 cm³/mol. The van der Waals surface area contributed by atoms with Gasteiger partial charge in [-0.1, -0.05) is 23.2 Å². The number of halogens is 4. The largest absolute Gasteiger partial charge is 0.305 e. The van der Waals surface area contributed by atoms with Crippen molar-refractivity contribution in [1.29, 1.82) is 0 Å². The van der Waals surface area contributed by atoms with Crippen molar-refractivity contribution >= 4 is 34.9 Å². The number of benzene rings is 1. The Labute approximate surface area is 116 Å². The summed E-state index contributed by atoms with van der Waals surface area (Å²) in [7, 11) is 0. The second kappa shape index (κ2) is 5.46. The molecule has 0 aliphatic rings. The van der Waals surface area contributed by atoms with Gasteiger partial charge in [-0.25, -0.2) is 18.7 Å². The van der Waals surface area contributed by atoms with Crippen molar-refractivity contribution in [2.45, 2.75) is 0 Å². The van der Waals surface area contributed by atoms with E-state index >= 15 is 0 Å². The van der Waals surface area contributed by atoms with Gasteiger partial charge in [0.2, 0.25) is 0 Å². The third-order valence-corrected chi connectivity index (χ3v) is 2.90. The fraction of sp³-hybridized carbons (Fsp3) is 0. The first-order valence-corrected chi connectivity index (χ1v) is 5.67. The highest BCUT2D eigenvalue weighted by atomic mass is 35.5. The summed E-state index contributed by atoms with van der Waals surface area (Å²) in [5.74, 6) is -2.66. The monoisotopic (exact) mass is 303 g/mol. The molecule has 19 heavy (non-hydrogen) atoms. The molecule has 1 aromatic carbocycles. The van der Waals surface area contributed by atoms with Crippen LogP contribution in [0.4, 0.5) is 14.6 Å². The van der Waals surface area contributed by atoms with Gasteiger partial charge in [0.25, 0.3) is 5.91 Å². The highest BCUT2D eigenvalue weighted by Gasteiger charge is 2.15. The summed E-state index contributed by atoms with van der Waals surface area (Å²) in [4.78, 5) is 19.1. The normalized spacial score (nSPS) is 10.3. The van der Waals surface area contributed by atoms with E-state index in [1.807, 2.05) is 0 Å². The molecule has 0 bridgehead atoms. The first kappa shape index (κ1) is 13.6. The third kappa shape index (κ3) is 2.97. The number of carbonyl (C=O) groups excluding carboxylic acids is 1. The minimum Gasteiger partial charge on any atom is -0.305 e. The van der Waals surface area contributed by atoms with E-state index in [4.69, 9.17) is 23.2 Å². The van der Waals surface area contributed by atoms with Gasteiger partial charge in [0, 0.05) is 6.07 Å². The lowest BCUT2D eigenvalue weighted by molar-refractivity contribution is 0.102. The number of rotatable bonds is 2. The zero-order valence-electron chi connectivity index (χ0n) is 9.12. The Morgan fingerprint density at radius 3 is 2.63 bits per heavy atom. The predicted octanol–water partition coefficient (Wildman–Crippen LogP) is 3.31. The number of hydrogen-bond acceptors (Lipinski definition) is 3. The first-order valence-electron chi connectivity index (χ1n) is 4.91. The molecule has 1 heterocycles. The maximum absolute atomic E-state index is 13.4. The fourth-order valence-electron chi connectivity index (χ4n) is 1.28. The summed E-state index contributed by atoms with van der Waals surface area (Å²) in [5.41, 5.74) is -0.341. The molecule has 4 nitrogen and oxygen atoms in total. The Hall–Kier alpha value is -1.79. The van der Waals surface area contributed by atoms with E-state index in [0.717, 1.165) is 18.5 Å². The molecule has 1 N–H and O–H groups in total. The van der Waals surface area contributed by atoms with Crippen molar-refractivity contribution in [3.8, 4) is 0 Å². The summed E-state index contributed by atoms with van der Waals surface area (Å²) < 4.78 is 26.1. The van der Waals surface area contributed by atoms with Crippen LogP contribution in [0.1, 0.15) is 10.4 Å². The lowest BCUT2D eigenvalue weighted by atomic mass is 10.2. The summed E-state index contributed by atoms with van der Waals surface area (Å²) in [6.07, 6.45) is 1.09. The zero-order chi connectivity index (χ0) is 14.0. The van der Waals surface area contributed by atoms with E-state index in [2.05, 4.69) is 15.3 Å². The SMILES string of the molecule is O=C(Nc1ncnc(Cl)c1Cl)c1ccc(F)cc1F. The molecule has 0 fully saturated rings. The summed E-state index contributed by atoms with van der Waals surface area (Å²) >= 11 is 11.4. The molecule has 1 aromatic heterocycles. The van der Waals surface area contributed by atoms with Crippen molar-refractivity contribution in [3.05, 3.63) is 51.9 Å². The maximum Gasteiger partial charge on any atom is 0.259 e. The molecule has 0 saturated carbocycles. The minimum atomic E-state index is -0.992. The number of amides is 1. The lowest BCUT2D eigenvalue weighted by Gasteiger charge is -2.07. The molecule has 0 saturated heterocycles. The topological polar surface area (TPSA) is 54.9 Å². The number of hydrogen-bond donors (Lipinski definition) is 1. The molecule has 98 valence electrons. The number of nitrogens with zero attached hydrogens (tertiary/aromatic N) is 2. The summed E-state index contributed by atoms with van der Waals surface area (Å²) in [6.45, 7) is 0. The van der Waals surface area contributed by atoms with Crippen molar-refractivity contribution in [2.24, 2.45) is 0 Å². The average molecular weight is 304 g/mol. The van der Waals surface area contributed by atoms with Crippen molar-refractivity contribution in [1.82, 2.24) is 9.97 Å². The Morgan fingerprint density at radius 2 is 1.95 bits per heavy atom. The van der Waals surface area contributed by atoms with Crippen LogP contribution in [0.25, 0.3) is 0 Å². The first-order chi connectivity index (χ1) is 8.99. The Bertz CT molecular complexity index is 652. The Morgan fingerprint density at radius 1 is 1.21 bits per heavy atom. The van der Waals surface area contributed by atoms with Gasteiger partial charge in [0.05, 0.1) is 5.56 Å². The number of nitrogens with one attached hydrogen (secondary N) is 1. The van der Waals surface area contributed by atoms with Gasteiger partial charge < -0.3 is 5.32 Å². The van der Waals surface area contributed by atoms with Gasteiger partial charge in [-0.3, -0.25) is 4.79 Å². The van der Waals surface area contributed by atoms with Crippen molar-refractivity contribution in [3.63, 3.8) is 0 Å². The van der Waals surface area contributed by atoms with Crippen LogP contribution in [0.3, 0.4) is 0 Å². The minimum absolute atomic E-state index is 0.0495. The number of anilines is 1. The molecule has 0 radical (unpaired) electrons. The van der Waals surface area contributed by atoms with E-state index in [1.165, 1.54) is 0 Å². The fourth-order valence-corrected chi connectivity index (χ4v) is 1.56. The molecular formula is C11H5Cl2F2N3O. The second-order valence-corrected chi connectivity index (χ2v) is 4.14. The van der Waals surface area contributed by atoms with Gasteiger partial charge in [0.15, 0.2) is 11.0 Å². The van der Waals surface area contributed by atoms with E-state index in [9.17, 15) is 13.6 Å². The standard InChI is InChI=1S/C11H5Cl2F2N3O/c12-8-9(13)16-4-17-10(8)18-11(19)6-2-1-5(14)3-7(6)15/h1-4H,(H,16,17,18,19). The Balaban J connectivity index is 2.28. The van der Waals surface area contributed by atoms with Gasteiger partial charge in [-0.15, -0.1) is 0 Å². The van der Waals surface area contributed by atoms with Crippen LogP contribution in [0.15, 0.2) is 24.5 Å². The molecule has 1 amide bonds. The van der Waals surface area contributed by atoms with Crippen molar-refractivity contribution in [2.75, 3.05) is 5.32 Å². The van der Waals surface area contributed by atoms with Gasteiger partial charge in [-0.2, -0.15) is 0 Å². The molecule has 8 heteroatoms. The number of aromatic nitrogens is 2. The van der Waals surface area contributed by atoms with Gasteiger partial charge in [0.1, 0.15) is 23.0 Å². The molecule has 0 aliphatic carbocycles. The van der Waals surface area contributed by atoms with Crippen LogP contribution in [0.2, 0.25) is 10.2 Å². The quantitative estimate of drug-likeness (QED) is 0.866. The highest BCUT2D eigenvalue weighted by molar-refractivity contribution is 6.43. The lowest BCUT2D eigenvalue weighted by Crippen LogP contribution is -2.15. The highest BCUT2D eigenvalue weighted by Crippen LogP contribution is 2.25. The molecule has 0 aliphatic heterocycles. The van der Waals surface area contributed by atoms with E-state index in [0.29, 0.717) is 6.07 Å². The Kier molecular flexibility index (Phi) is 3.92. The van der Waals surface area contributed by atoms with Crippen LogP contribution >= 0.6 is 23.2 Å². The van der Waals surface area contributed by atoms with Crippen molar-refractivity contribution < 1.29 is 13.6 Å². The summed E-state index contributed by atoms with van der Waals surface area (Å²) in [6, 6.07) is 2.58. The average Bonchev–Trinajstić information content (AvgIpc) is 2.34. The van der Waals surface area contributed by atoms with E-state index in [1.54, 1.807) is 0 Å². The summed E-state index contributed by atoms with van der Waals surface area (Å²) in [5, 5.41) is 2.14. The zero-order valence-corrected chi connectivity index (χ0v) is 10.6. The smallest absolute Gasteiger partial charge is 0.259 e. The maximum atomic E-state index is 13.4. The van der Waals surface area contributed by atoms with Crippen LogP contribution in [-0.4, -0.2) is 15.9 Å². The second-order valence-electron chi connectivity index (χ2n) is 3.41. The molecule has 2 rings (SSSR count). The van der Waals surface area contributed by atoms with E-state index < -0.39 is 17.5 Å². The molecule has 0 atom stereocenters. The molecular weight excluding hydrogens is 299 g/mol. The third-order valence-electron chi connectivity index (χ3n) is 2.15. The molecule has 2 aromatic rings. The van der Waals surface area contributed by atoms with Crippen LogP contribution in [0, 0.1) is 11.6 Å². The van der Waals surface area contributed by atoms with Crippen LogP contribution in [0.5, 0.6) is 0 Å². The van der Waals surface area contributed by atoms with Crippen LogP contribution in [-0.2, 0) is 0 Å². The molecule has 0 unspecified atom stereocenters.